The van der Waals surface area contributed by atoms with Crippen LogP contribution in [0.25, 0.3) is 0 Å². The number of hydrogen-bond donors (Lipinski definition) is 0. The van der Waals surface area contributed by atoms with Gasteiger partial charge in [-0.1, -0.05) is 27.5 Å². The Morgan fingerprint density at radius 1 is 1.69 bits per heavy atom. The molecular weight excluding hydrogens is 307 g/mol. The van der Waals surface area contributed by atoms with Crippen molar-refractivity contribution in [3.8, 4) is 0 Å². The maximum Gasteiger partial charge on any atom is 0.357 e. The van der Waals surface area contributed by atoms with Crippen LogP contribution in [-0.4, -0.2) is 18.1 Å². The minimum absolute atomic E-state index is 0.195. The van der Waals surface area contributed by atoms with Crippen molar-refractivity contribution in [3.05, 3.63) is 28.0 Å². The lowest BCUT2D eigenvalue weighted by molar-refractivity contribution is 0.0581. The Balaban J connectivity index is 3.40. The molecule has 1 rings (SSSR count). The predicted molar refractivity (Wildman–Crippen MR) is 58.2 cm³/mol. The van der Waals surface area contributed by atoms with Crippen molar-refractivity contribution in [2.24, 2.45) is 0 Å². The van der Waals surface area contributed by atoms with Crippen molar-refractivity contribution in [1.82, 2.24) is 4.98 Å². The lowest BCUT2D eigenvalue weighted by atomic mass is 10.2. The van der Waals surface area contributed by atoms with Gasteiger partial charge >= 0.3 is 5.97 Å². The minimum Gasteiger partial charge on any atom is -0.464 e. The highest BCUT2D eigenvalue weighted by molar-refractivity contribution is 9.08. The molecule has 3 nitrogen and oxygen atoms in total. The van der Waals surface area contributed by atoms with Gasteiger partial charge in [-0.15, -0.1) is 0 Å². The van der Waals surface area contributed by atoms with E-state index in [0.717, 1.165) is 7.11 Å². The van der Waals surface area contributed by atoms with E-state index in [4.69, 9.17) is 11.6 Å². The Labute approximate surface area is 104 Å². The zero-order valence-electron chi connectivity index (χ0n) is 8.14. The molecule has 0 aliphatic carbocycles. The number of hydrogen-bond acceptors (Lipinski definition) is 3. The van der Waals surface area contributed by atoms with E-state index in [9.17, 15) is 13.6 Å². The molecule has 0 amide bonds. The predicted octanol–water partition coefficient (Wildman–Crippen LogP) is 3.35. The van der Waals surface area contributed by atoms with Crippen LogP contribution >= 0.6 is 27.5 Å². The summed E-state index contributed by atoms with van der Waals surface area (Å²) in [6.07, 6.45) is -2.88. The van der Waals surface area contributed by atoms with Crippen LogP contribution in [-0.2, 0) is 10.1 Å². The largest absolute Gasteiger partial charge is 0.464 e. The van der Waals surface area contributed by atoms with Gasteiger partial charge in [0, 0.05) is 5.33 Å². The molecule has 0 N–H and O–H groups in total. The van der Waals surface area contributed by atoms with Crippen molar-refractivity contribution in [2.75, 3.05) is 7.11 Å². The summed E-state index contributed by atoms with van der Waals surface area (Å²) < 4.78 is 29.7. The number of alkyl halides is 3. The first-order valence-electron chi connectivity index (χ1n) is 4.13. The number of pyridine rings is 1. The molecule has 0 fully saturated rings. The number of esters is 1. The van der Waals surface area contributed by atoms with Crippen molar-refractivity contribution >= 4 is 33.5 Å². The Kier molecular flexibility index (Phi) is 4.61. The maximum atomic E-state index is 12.7. The highest BCUT2D eigenvalue weighted by Gasteiger charge is 2.24. The Bertz CT molecular complexity index is 415. The smallest absolute Gasteiger partial charge is 0.357 e. The van der Waals surface area contributed by atoms with Crippen molar-refractivity contribution in [3.63, 3.8) is 0 Å². The fourth-order valence-electron chi connectivity index (χ4n) is 1.10. The third kappa shape index (κ3) is 2.68. The molecule has 0 atom stereocenters. The Morgan fingerprint density at radius 3 is 2.75 bits per heavy atom. The average Bonchev–Trinajstić information content (AvgIpc) is 2.26. The lowest BCUT2D eigenvalue weighted by Crippen LogP contribution is -2.11. The van der Waals surface area contributed by atoms with Gasteiger partial charge in [0.05, 0.1) is 23.4 Å². The quantitative estimate of drug-likeness (QED) is 0.634. The van der Waals surface area contributed by atoms with Crippen LogP contribution in [0.5, 0.6) is 0 Å². The number of ether oxygens (including phenoxy) is 1. The molecule has 16 heavy (non-hydrogen) atoms. The second-order valence-corrected chi connectivity index (χ2v) is 3.75. The molecule has 1 aromatic heterocycles. The summed E-state index contributed by atoms with van der Waals surface area (Å²) in [4.78, 5) is 15.0. The first-order valence-corrected chi connectivity index (χ1v) is 5.63. The molecule has 7 heteroatoms. The number of rotatable bonds is 3. The summed E-state index contributed by atoms with van der Waals surface area (Å²) >= 11 is 8.76. The first kappa shape index (κ1) is 13.3. The fourth-order valence-corrected chi connectivity index (χ4v) is 1.69. The fraction of sp³-hybridized carbons (Fsp3) is 0.333. The van der Waals surface area contributed by atoms with E-state index in [2.05, 4.69) is 25.7 Å². The zero-order valence-corrected chi connectivity index (χ0v) is 10.5. The summed E-state index contributed by atoms with van der Waals surface area (Å²) in [5.41, 5.74) is -0.660. The first-order chi connectivity index (χ1) is 7.51. The molecule has 1 heterocycles. The second-order valence-electron chi connectivity index (χ2n) is 2.78. The van der Waals surface area contributed by atoms with Gasteiger partial charge in [-0.05, 0) is 6.07 Å². The standard InChI is InChI=1S/C9H7BrClF2NO2/c1-16-9(15)7-6(8(12)13)5(11)2-4(3-10)14-7/h2,8H,3H2,1H3. The number of halogens is 4. The second kappa shape index (κ2) is 5.54. The van der Waals surface area contributed by atoms with Gasteiger partial charge in [0.15, 0.2) is 5.69 Å². The molecule has 0 aliphatic heterocycles. The number of nitrogens with zero attached hydrogens (tertiary/aromatic N) is 1. The summed E-state index contributed by atoms with van der Waals surface area (Å²) in [6.45, 7) is 0. The van der Waals surface area contributed by atoms with Crippen LogP contribution in [0.15, 0.2) is 6.07 Å². The zero-order chi connectivity index (χ0) is 12.3. The van der Waals surface area contributed by atoms with E-state index in [1.165, 1.54) is 6.07 Å². The maximum absolute atomic E-state index is 12.7. The van der Waals surface area contributed by atoms with Crippen LogP contribution < -0.4 is 0 Å². The van der Waals surface area contributed by atoms with Gasteiger partial charge in [-0.3, -0.25) is 0 Å². The number of methoxy groups -OCH3 is 1. The van der Waals surface area contributed by atoms with Crippen molar-refractivity contribution in [1.29, 1.82) is 0 Å². The number of carbonyl (C=O) groups excluding carboxylic acids is 1. The Morgan fingerprint density at radius 2 is 2.31 bits per heavy atom. The van der Waals surface area contributed by atoms with Gasteiger partial charge < -0.3 is 4.74 Å². The number of carbonyl (C=O) groups is 1. The molecular formula is C9H7BrClF2NO2. The molecule has 0 saturated carbocycles. The molecule has 0 radical (unpaired) electrons. The Hall–Kier alpha value is -0.750. The highest BCUT2D eigenvalue weighted by atomic mass is 79.9. The molecule has 0 unspecified atom stereocenters. The van der Waals surface area contributed by atoms with E-state index in [0.29, 0.717) is 11.0 Å². The molecule has 0 spiro atoms. The van der Waals surface area contributed by atoms with E-state index < -0.39 is 23.7 Å². The molecule has 0 bridgehead atoms. The molecule has 0 saturated heterocycles. The van der Waals surface area contributed by atoms with E-state index in [-0.39, 0.29) is 5.02 Å². The third-order valence-corrected chi connectivity index (χ3v) is 2.68. The summed E-state index contributed by atoms with van der Waals surface area (Å²) in [5.74, 6) is -0.931. The van der Waals surface area contributed by atoms with Gasteiger partial charge in [0.2, 0.25) is 0 Å². The highest BCUT2D eigenvalue weighted by Crippen LogP contribution is 2.30. The summed E-state index contributed by atoms with van der Waals surface area (Å²) in [5, 5.41) is 0.111. The van der Waals surface area contributed by atoms with Gasteiger partial charge in [0.25, 0.3) is 6.43 Å². The van der Waals surface area contributed by atoms with E-state index >= 15 is 0 Å². The van der Waals surface area contributed by atoms with Crippen LogP contribution in [0.4, 0.5) is 8.78 Å². The normalized spacial score (nSPS) is 10.6. The third-order valence-electron chi connectivity index (χ3n) is 1.80. The molecule has 1 aromatic rings. The summed E-state index contributed by atoms with van der Waals surface area (Å²) in [7, 11) is 1.09. The lowest BCUT2D eigenvalue weighted by Gasteiger charge is -2.09. The van der Waals surface area contributed by atoms with Gasteiger partial charge in [-0.2, -0.15) is 0 Å². The molecule has 88 valence electrons. The molecule has 0 aliphatic rings. The van der Waals surface area contributed by atoms with Gasteiger partial charge in [0.1, 0.15) is 0 Å². The van der Waals surface area contributed by atoms with Crippen LogP contribution in [0, 0.1) is 0 Å². The van der Waals surface area contributed by atoms with E-state index in [1.807, 2.05) is 0 Å². The SMILES string of the molecule is COC(=O)c1nc(CBr)cc(Cl)c1C(F)F. The van der Waals surface area contributed by atoms with Crippen molar-refractivity contribution in [2.45, 2.75) is 11.8 Å². The average molecular weight is 315 g/mol. The van der Waals surface area contributed by atoms with E-state index in [1.54, 1.807) is 0 Å². The van der Waals surface area contributed by atoms with Crippen molar-refractivity contribution < 1.29 is 18.3 Å². The monoisotopic (exact) mass is 313 g/mol. The van der Waals surface area contributed by atoms with Crippen LogP contribution in [0.2, 0.25) is 5.02 Å². The topological polar surface area (TPSA) is 39.2 Å². The minimum atomic E-state index is -2.88. The number of aromatic nitrogens is 1. The van der Waals surface area contributed by atoms with Crippen LogP contribution in [0.1, 0.15) is 28.2 Å². The van der Waals surface area contributed by atoms with Crippen LogP contribution in [0.3, 0.4) is 0 Å². The molecule has 0 aromatic carbocycles. The van der Waals surface area contributed by atoms with Gasteiger partial charge in [-0.25, -0.2) is 18.6 Å². The summed E-state index contributed by atoms with van der Waals surface area (Å²) in [6, 6.07) is 1.28.